The van der Waals surface area contributed by atoms with Crippen molar-refractivity contribution in [1.29, 1.82) is 0 Å². The highest BCUT2D eigenvalue weighted by Crippen LogP contribution is 2.19. The number of hydrogen-bond acceptors (Lipinski definition) is 2. The molecule has 0 radical (unpaired) electrons. The fourth-order valence-corrected chi connectivity index (χ4v) is 3.52. The summed E-state index contributed by atoms with van der Waals surface area (Å²) in [4.78, 5) is 17.0. The van der Waals surface area contributed by atoms with Gasteiger partial charge >= 0.3 is 0 Å². The lowest BCUT2D eigenvalue weighted by Crippen LogP contribution is -2.15. The highest BCUT2D eigenvalue weighted by atomic mass is 35.5. The first kappa shape index (κ1) is 14.9. The van der Waals surface area contributed by atoms with Gasteiger partial charge in [0.1, 0.15) is 5.82 Å². The molecule has 0 aliphatic rings. The number of amides is 1. The molecule has 1 heterocycles. The van der Waals surface area contributed by atoms with Gasteiger partial charge in [0.05, 0.1) is 10.2 Å². The molecule has 0 atom stereocenters. The Kier molecular flexibility index (Phi) is 4.09. The second-order valence-electron chi connectivity index (χ2n) is 4.67. The maximum atomic E-state index is 13.3. The number of carbonyl (C=O) groups excluding carboxylic acids is 1. The molecule has 0 bridgehead atoms. The summed E-state index contributed by atoms with van der Waals surface area (Å²) < 4.78 is 16.0. The van der Waals surface area contributed by atoms with Crippen LogP contribution in [0.1, 0.15) is 17.3 Å². The first-order chi connectivity index (χ1) is 10.6. The molecule has 0 fully saturated rings. The normalized spacial score (nSPS) is 12.0. The fraction of sp³-hybridized carbons (Fsp3) is 0.125. The molecule has 112 valence electrons. The Labute approximate surface area is 135 Å². The largest absolute Gasteiger partial charge is 0.317 e. The highest BCUT2D eigenvalue weighted by Gasteiger charge is 2.09. The molecule has 3 rings (SSSR count). The van der Waals surface area contributed by atoms with E-state index in [1.165, 1.54) is 23.5 Å². The molecule has 0 aliphatic heterocycles. The zero-order valence-corrected chi connectivity index (χ0v) is 13.3. The molecule has 1 aromatic heterocycles. The molecule has 22 heavy (non-hydrogen) atoms. The standard InChI is InChI=1S/C16H12ClFN2OS/c1-2-20-13-7-6-12(18)9-14(13)22-16(20)19-15(21)10-4-3-5-11(17)8-10/h3-9H,2H2,1H3. The maximum absolute atomic E-state index is 13.3. The van der Waals surface area contributed by atoms with Crippen molar-refractivity contribution >= 4 is 39.1 Å². The van der Waals surface area contributed by atoms with E-state index in [1.807, 2.05) is 11.5 Å². The summed E-state index contributed by atoms with van der Waals surface area (Å²) in [6.45, 7) is 2.60. The Morgan fingerprint density at radius 2 is 2.14 bits per heavy atom. The van der Waals surface area contributed by atoms with Gasteiger partial charge in [-0.25, -0.2) is 4.39 Å². The Morgan fingerprint density at radius 1 is 1.32 bits per heavy atom. The lowest BCUT2D eigenvalue weighted by atomic mass is 10.2. The van der Waals surface area contributed by atoms with Gasteiger partial charge in [0.25, 0.3) is 5.91 Å². The van der Waals surface area contributed by atoms with E-state index in [4.69, 9.17) is 11.6 Å². The molecule has 0 spiro atoms. The number of nitrogens with zero attached hydrogens (tertiary/aromatic N) is 2. The van der Waals surface area contributed by atoms with Crippen LogP contribution in [-0.2, 0) is 6.54 Å². The molecular formula is C16H12ClFN2OS. The number of thiazole rings is 1. The summed E-state index contributed by atoms with van der Waals surface area (Å²) in [5.74, 6) is -0.665. The third-order valence-corrected chi connectivity index (χ3v) is 4.51. The van der Waals surface area contributed by atoms with E-state index < -0.39 is 0 Å². The highest BCUT2D eigenvalue weighted by molar-refractivity contribution is 7.16. The Bertz CT molecular complexity index is 929. The number of carbonyl (C=O) groups is 1. The fourth-order valence-electron chi connectivity index (χ4n) is 2.21. The molecule has 2 aromatic carbocycles. The zero-order valence-electron chi connectivity index (χ0n) is 11.7. The number of hydrogen-bond donors (Lipinski definition) is 0. The lowest BCUT2D eigenvalue weighted by Gasteiger charge is -2.00. The topological polar surface area (TPSA) is 34.4 Å². The summed E-state index contributed by atoms with van der Waals surface area (Å²) >= 11 is 7.19. The average Bonchev–Trinajstić information content (AvgIpc) is 2.83. The van der Waals surface area contributed by atoms with Crippen molar-refractivity contribution in [3.05, 3.63) is 63.7 Å². The van der Waals surface area contributed by atoms with Crippen LogP contribution in [0.25, 0.3) is 10.2 Å². The van der Waals surface area contributed by atoms with Crippen LogP contribution in [0.4, 0.5) is 4.39 Å². The molecule has 0 saturated carbocycles. The van der Waals surface area contributed by atoms with Crippen LogP contribution in [0.3, 0.4) is 0 Å². The van der Waals surface area contributed by atoms with Crippen LogP contribution in [0.5, 0.6) is 0 Å². The molecular weight excluding hydrogens is 323 g/mol. The smallest absolute Gasteiger partial charge is 0.279 e. The first-order valence-corrected chi connectivity index (χ1v) is 7.91. The van der Waals surface area contributed by atoms with Crippen LogP contribution in [0.2, 0.25) is 5.02 Å². The van der Waals surface area contributed by atoms with Crippen molar-refractivity contribution < 1.29 is 9.18 Å². The van der Waals surface area contributed by atoms with Crippen molar-refractivity contribution in [3.63, 3.8) is 0 Å². The third kappa shape index (κ3) is 2.82. The van der Waals surface area contributed by atoms with Crippen LogP contribution in [0.15, 0.2) is 47.5 Å². The van der Waals surface area contributed by atoms with Gasteiger partial charge in [-0.05, 0) is 43.3 Å². The van der Waals surface area contributed by atoms with E-state index in [1.54, 1.807) is 30.3 Å². The van der Waals surface area contributed by atoms with Crippen LogP contribution in [0, 0.1) is 5.82 Å². The second kappa shape index (κ2) is 6.02. The van der Waals surface area contributed by atoms with Crippen molar-refractivity contribution in [1.82, 2.24) is 4.57 Å². The molecule has 0 saturated heterocycles. The Morgan fingerprint density at radius 3 is 2.86 bits per heavy atom. The van der Waals surface area contributed by atoms with Gasteiger partial charge in [0.2, 0.25) is 0 Å². The van der Waals surface area contributed by atoms with Gasteiger partial charge in [0.15, 0.2) is 4.80 Å². The van der Waals surface area contributed by atoms with Crippen molar-refractivity contribution in [2.75, 3.05) is 0 Å². The minimum absolute atomic E-state index is 0.301. The summed E-state index contributed by atoms with van der Waals surface area (Å²) in [7, 11) is 0. The maximum Gasteiger partial charge on any atom is 0.279 e. The molecule has 0 unspecified atom stereocenters. The van der Waals surface area contributed by atoms with E-state index in [-0.39, 0.29) is 11.7 Å². The SMILES string of the molecule is CCn1c(=NC(=O)c2cccc(Cl)c2)sc2cc(F)ccc21. The van der Waals surface area contributed by atoms with Gasteiger partial charge in [-0.1, -0.05) is 29.0 Å². The molecule has 0 N–H and O–H groups in total. The predicted octanol–water partition coefficient (Wildman–Crippen LogP) is 4.26. The Hall–Kier alpha value is -1.98. The van der Waals surface area contributed by atoms with Crippen molar-refractivity contribution in [2.24, 2.45) is 4.99 Å². The Balaban J connectivity index is 2.14. The van der Waals surface area contributed by atoms with Gasteiger partial charge < -0.3 is 4.57 Å². The quantitative estimate of drug-likeness (QED) is 0.689. The number of aryl methyl sites for hydroxylation is 1. The van der Waals surface area contributed by atoms with Crippen LogP contribution in [-0.4, -0.2) is 10.5 Å². The third-order valence-electron chi connectivity index (χ3n) is 3.23. The van der Waals surface area contributed by atoms with Crippen LogP contribution >= 0.6 is 22.9 Å². The summed E-state index contributed by atoms with van der Waals surface area (Å²) in [5, 5.41) is 0.489. The molecule has 6 heteroatoms. The minimum atomic E-state index is -0.364. The summed E-state index contributed by atoms with van der Waals surface area (Å²) in [5.41, 5.74) is 1.30. The monoisotopic (exact) mass is 334 g/mol. The van der Waals surface area contributed by atoms with E-state index >= 15 is 0 Å². The van der Waals surface area contributed by atoms with E-state index in [0.29, 0.717) is 21.9 Å². The summed E-state index contributed by atoms with van der Waals surface area (Å²) in [6.07, 6.45) is 0. The van der Waals surface area contributed by atoms with Crippen molar-refractivity contribution in [2.45, 2.75) is 13.5 Å². The predicted molar refractivity (Wildman–Crippen MR) is 86.8 cm³/mol. The van der Waals surface area contributed by atoms with E-state index in [0.717, 1.165) is 10.2 Å². The molecule has 0 aliphatic carbocycles. The van der Waals surface area contributed by atoms with Crippen LogP contribution < -0.4 is 4.80 Å². The van der Waals surface area contributed by atoms with E-state index in [9.17, 15) is 9.18 Å². The van der Waals surface area contributed by atoms with Gasteiger partial charge in [-0.3, -0.25) is 4.79 Å². The minimum Gasteiger partial charge on any atom is -0.317 e. The molecule has 1 amide bonds. The zero-order chi connectivity index (χ0) is 15.7. The number of halogens is 2. The number of rotatable bonds is 2. The lowest BCUT2D eigenvalue weighted by molar-refractivity contribution is 0.0998. The molecule has 3 nitrogen and oxygen atoms in total. The second-order valence-corrected chi connectivity index (χ2v) is 6.11. The van der Waals surface area contributed by atoms with Gasteiger partial charge in [-0.2, -0.15) is 4.99 Å². The van der Waals surface area contributed by atoms with E-state index in [2.05, 4.69) is 4.99 Å². The summed E-state index contributed by atoms with van der Waals surface area (Å²) in [6, 6.07) is 11.2. The van der Waals surface area contributed by atoms with Crippen molar-refractivity contribution in [3.8, 4) is 0 Å². The van der Waals surface area contributed by atoms with Gasteiger partial charge in [-0.15, -0.1) is 0 Å². The average molecular weight is 335 g/mol. The number of benzene rings is 2. The van der Waals surface area contributed by atoms with Gasteiger partial charge in [0, 0.05) is 17.1 Å². The first-order valence-electron chi connectivity index (χ1n) is 6.72. The molecule has 3 aromatic rings. The number of fused-ring (bicyclic) bond motifs is 1. The number of aromatic nitrogens is 1.